The van der Waals surface area contributed by atoms with Crippen LogP contribution in [-0.4, -0.2) is 0 Å². The van der Waals surface area contributed by atoms with Crippen LogP contribution in [0.3, 0.4) is 0 Å². The van der Waals surface area contributed by atoms with E-state index >= 15 is 0 Å². The largest absolute Gasteiger partial charge is 0.455 e. The van der Waals surface area contributed by atoms with E-state index in [4.69, 9.17) is 32.4 Å². The third-order valence-electron chi connectivity index (χ3n) is 8.09. The summed E-state index contributed by atoms with van der Waals surface area (Å²) in [6.45, 7) is 0. The van der Waals surface area contributed by atoms with Gasteiger partial charge in [-0.1, -0.05) is 6.07 Å². The minimum Gasteiger partial charge on any atom is -0.455 e. The first kappa shape index (κ1) is 21.0. The van der Waals surface area contributed by atoms with Gasteiger partial charge in [0, 0.05) is 17.4 Å². The molecule has 0 spiro atoms. The molecule has 0 aliphatic heterocycles. The first-order valence-corrected chi connectivity index (χ1v) is 12.2. The molecule has 4 bridgehead atoms. The van der Waals surface area contributed by atoms with Gasteiger partial charge in [0.15, 0.2) is 0 Å². The van der Waals surface area contributed by atoms with Crippen molar-refractivity contribution in [3.05, 3.63) is 60.2 Å². The number of rotatable bonds is 5. The molecule has 4 aliphatic carbocycles. The van der Waals surface area contributed by atoms with E-state index in [1.54, 1.807) is 24.3 Å². The molecule has 4 fully saturated rings. The highest BCUT2D eigenvalue weighted by molar-refractivity contribution is 5.63. The third kappa shape index (κ3) is 3.77. The molecule has 7 rings (SSSR count). The maximum Gasteiger partial charge on any atom is 0.150 e. The van der Waals surface area contributed by atoms with E-state index in [9.17, 15) is 0 Å². The van der Waals surface area contributed by atoms with E-state index < -0.39 is 0 Å². The Kier molecular flexibility index (Phi) is 4.97. The van der Waals surface area contributed by atoms with Crippen LogP contribution < -0.4 is 32.4 Å². The van der Waals surface area contributed by atoms with Crippen LogP contribution in [-0.2, 0) is 0 Å². The number of ether oxygens (including phenoxy) is 2. The average molecular weight is 457 g/mol. The van der Waals surface area contributed by atoms with Gasteiger partial charge in [0.1, 0.15) is 23.0 Å². The number of benzene rings is 3. The Morgan fingerprint density at radius 1 is 0.559 bits per heavy atom. The van der Waals surface area contributed by atoms with E-state index in [-0.39, 0.29) is 0 Å². The maximum atomic E-state index is 6.47. The summed E-state index contributed by atoms with van der Waals surface area (Å²) < 4.78 is 12.6. The Hall–Kier alpha value is -3.54. The molecule has 6 nitrogen and oxygen atoms in total. The zero-order chi connectivity index (χ0) is 23.4. The minimum absolute atomic E-state index is 0.496. The van der Waals surface area contributed by atoms with Crippen molar-refractivity contribution in [1.82, 2.24) is 0 Å². The molecular formula is C28H32N4O2. The van der Waals surface area contributed by atoms with Crippen LogP contribution in [0.1, 0.15) is 43.6 Å². The van der Waals surface area contributed by atoms with Gasteiger partial charge < -0.3 is 32.4 Å². The van der Waals surface area contributed by atoms with Crippen molar-refractivity contribution in [2.45, 2.75) is 38.0 Å². The summed E-state index contributed by atoms with van der Waals surface area (Å²) in [5.41, 5.74) is 27.6. The van der Waals surface area contributed by atoms with Crippen molar-refractivity contribution < 1.29 is 9.47 Å². The van der Waals surface area contributed by atoms with Crippen molar-refractivity contribution in [3.63, 3.8) is 0 Å². The maximum absolute atomic E-state index is 6.47. The minimum atomic E-state index is 0.496. The van der Waals surface area contributed by atoms with Crippen LogP contribution in [0.2, 0.25) is 0 Å². The molecule has 0 atom stereocenters. The molecule has 3 aromatic carbocycles. The monoisotopic (exact) mass is 456 g/mol. The molecule has 0 amide bonds. The fourth-order valence-electron chi connectivity index (χ4n) is 6.94. The van der Waals surface area contributed by atoms with Crippen molar-refractivity contribution in [1.29, 1.82) is 0 Å². The Balaban J connectivity index is 1.38. The van der Waals surface area contributed by atoms with Gasteiger partial charge in [0.2, 0.25) is 0 Å². The van der Waals surface area contributed by atoms with Crippen molar-refractivity contribution in [2.75, 3.05) is 22.9 Å². The van der Waals surface area contributed by atoms with Crippen LogP contribution in [0.25, 0.3) is 0 Å². The average Bonchev–Trinajstić information content (AvgIpc) is 2.78. The quantitative estimate of drug-likeness (QED) is 0.342. The fourth-order valence-corrected chi connectivity index (χ4v) is 6.94. The van der Waals surface area contributed by atoms with E-state index in [0.29, 0.717) is 45.9 Å². The molecule has 0 aromatic heterocycles. The normalized spacial score (nSPS) is 27.0. The van der Waals surface area contributed by atoms with Crippen molar-refractivity contribution in [2.24, 2.45) is 23.7 Å². The Bertz CT molecular complexity index is 1210. The van der Waals surface area contributed by atoms with Gasteiger partial charge >= 0.3 is 0 Å². The lowest BCUT2D eigenvalue weighted by Gasteiger charge is -2.54. The van der Waals surface area contributed by atoms with Crippen LogP contribution in [0, 0.1) is 23.7 Å². The summed E-state index contributed by atoms with van der Waals surface area (Å²) in [5.74, 6) is 6.39. The van der Waals surface area contributed by atoms with Crippen LogP contribution in [0.5, 0.6) is 23.0 Å². The van der Waals surface area contributed by atoms with Gasteiger partial charge in [0.25, 0.3) is 0 Å². The van der Waals surface area contributed by atoms with Crippen molar-refractivity contribution >= 4 is 22.7 Å². The van der Waals surface area contributed by atoms with E-state index in [0.717, 1.165) is 29.4 Å². The second-order valence-corrected chi connectivity index (χ2v) is 10.5. The molecule has 4 saturated carbocycles. The molecule has 0 heterocycles. The molecule has 0 radical (unpaired) electrons. The van der Waals surface area contributed by atoms with Gasteiger partial charge in [-0.05, 0) is 110 Å². The molecule has 176 valence electrons. The van der Waals surface area contributed by atoms with Gasteiger partial charge in [0.05, 0.1) is 11.4 Å². The van der Waals surface area contributed by atoms with E-state index in [1.165, 1.54) is 37.7 Å². The number of anilines is 4. The summed E-state index contributed by atoms with van der Waals surface area (Å²) in [7, 11) is 0. The smallest absolute Gasteiger partial charge is 0.150 e. The SMILES string of the molecule is Nc1ccc(Oc2ccc(C3C4CC5CC(C4)CC3C5)c(Oc3ccc(N)cc3N)c2)c(N)c1. The van der Waals surface area contributed by atoms with Crippen molar-refractivity contribution in [3.8, 4) is 23.0 Å². The van der Waals surface area contributed by atoms with Gasteiger partial charge in [-0.25, -0.2) is 0 Å². The highest BCUT2D eigenvalue weighted by Gasteiger charge is 2.49. The van der Waals surface area contributed by atoms with Gasteiger partial charge in [-0.2, -0.15) is 0 Å². The lowest BCUT2D eigenvalue weighted by Crippen LogP contribution is -2.43. The number of nitrogens with two attached hydrogens (primary N) is 4. The Labute approximate surface area is 200 Å². The fraction of sp³-hybridized carbons (Fsp3) is 0.357. The molecule has 0 saturated heterocycles. The lowest BCUT2D eigenvalue weighted by molar-refractivity contribution is -0.00336. The summed E-state index contributed by atoms with van der Waals surface area (Å²) in [6, 6.07) is 16.8. The predicted octanol–water partition coefficient (Wildman–Crippen LogP) is 6.14. The highest BCUT2D eigenvalue weighted by Crippen LogP contribution is 2.61. The third-order valence-corrected chi connectivity index (χ3v) is 8.09. The Morgan fingerprint density at radius 2 is 1.12 bits per heavy atom. The molecule has 8 N–H and O–H groups in total. The van der Waals surface area contributed by atoms with E-state index in [2.05, 4.69) is 6.07 Å². The summed E-state index contributed by atoms with van der Waals surface area (Å²) >= 11 is 0. The van der Waals surface area contributed by atoms with Crippen LogP contribution in [0.4, 0.5) is 22.7 Å². The molecule has 34 heavy (non-hydrogen) atoms. The second-order valence-electron chi connectivity index (χ2n) is 10.5. The summed E-state index contributed by atoms with van der Waals surface area (Å²) in [4.78, 5) is 0. The first-order chi connectivity index (χ1) is 16.4. The predicted molar refractivity (Wildman–Crippen MR) is 137 cm³/mol. The summed E-state index contributed by atoms with van der Waals surface area (Å²) in [6.07, 6.45) is 6.77. The lowest BCUT2D eigenvalue weighted by atomic mass is 9.50. The topological polar surface area (TPSA) is 123 Å². The Morgan fingerprint density at radius 3 is 1.68 bits per heavy atom. The molecule has 0 unspecified atom stereocenters. The van der Waals surface area contributed by atoms with Crippen LogP contribution >= 0.6 is 0 Å². The standard InChI is InChI=1S/C28H32N4O2/c29-19-1-5-25(23(31)12-19)33-21-3-4-22(27(14-21)34-26-6-2-20(30)13-24(26)32)28-17-8-15-7-16(10-17)11-18(28)9-15/h1-6,12-18,28H,7-11,29-32H2. The molecular weight excluding hydrogens is 424 g/mol. The van der Waals surface area contributed by atoms with Gasteiger partial charge in [-0.15, -0.1) is 0 Å². The summed E-state index contributed by atoms with van der Waals surface area (Å²) in [5, 5.41) is 0. The van der Waals surface area contributed by atoms with Crippen LogP contribution in [0.15, 0.2) is 54.6 Å². The molecule has 6 heteroatoms. The molecule has 4 aliphatic rings. The zero-order valence-electron chi connectivity index (χ0n) is 19.2. The van der Waals surface area contributed by atoms with Gasteiger partial charge in [-0.3, -0.25) is 0 Å². The van der Waals surface area contributed by atoms with E-state index in [1.807, 2.05) is 24.3 Å². The number of hydrogen-bond acceptors (Lipinski definition) is 6. The molecule has 3 aromatic rings. The zero-order valence-corrected chi connectivity index (χ0v) is 19.2. The number of nitrogen functional groups attached to an aromatic ring is 4. The second kappa shape index (κ2) is 8.05. The highest BCUT2D eigenvalue weighted by atomic mass is 16.5. The first-order valence-electron chi connectivity index (χ1n) is 12.2. The number of hydrogen-bond donors (Lipinski definition) is 4.